The zero-order valence-corrected chi connectivity index (χ0v) is 53.6. The summed E-state index contributed by atoms with van der Waals surface area (Å²) in [5, 5.41) is 44.2. The summed E-state index contributed by atoms with van der Waals surface area (Å²) in [7, 11) is 0. The number of esters is 4. The van der Waals surface area contributed by atoms with Crippen molar-refractivity contribution in [1.29, 1.82) is 0 Å². The molecule has 0 bridgehead atoms. The molecule has 16 heteroatoms. The summed E-state index contributed by atoms with van der Waals surface area (Å²) in [4.78, 5) is 55.1. The number of aliphatic hydroxyl groups excluding tert-OH is 4. The monoisotopic (exact) mass is 1190 g/mol. The van der Waals surface area contributed by atoms with E-state index in [0.717, 1.165) is 89.9 Å². The van der Waals surface area contributed by atoms with Crippen molar-refractivity contribution in [1.82, 2.24) is 9.80 Å². The minimum Gasteiger partial charge on any atom is -0.461 e. The van der Waals surface area contributed by atoms with E-state index in [-0.39, 0.29) is 44.0 Å². The highest BCUT2D eigenvalue weighted by molar-refractivity contribution is 5.70. The second kappa shape index (κ2) is 53.1. The van der Waals surface area contributed by atoms with Gasteiger partial charge in [0.25, 0.3) is 0 Å². The molecule has 2 aliphatic heterocycles. The third kappa shape index (κ3) is 42.0. The number of hydrogen-bond donors (Lipinski definition) is 4. The predicted molar refractivity (Wildman–Crippen MR) is 334 cm³/mol. The Kier molecular flexibility index (Phi) is 48.8. The topological polar surface area (TPSA) is 211 Å². The van der Waals surface area contributed by atoms with Crippen LogP contribution in [0.5, 0.6) is 0 Å². The van der Waals surface area contributed by atoms with E-state index in [1.165, 1.54) is 89.9 Å². The molecule has 4 N–H and O–H groups in total. The first-order chi connectivity index (χ1) is 40.9. The normalized spacial score (nSPS) is 18.5. The summed E-state index contributed by atoms with van der Waals surface area (Å²) in [6.07, 6.45) is 37.5. The number of fused-ring (bicyclic) bond motifs is 1. The van der Waals surface area contributed by atoms with Gasteiger partial charge < -0.3 is 48.8 Å². The molecule has 16 nitrogen and oxygen atoms in total. The number of aliphatic hydroxyl groups is 4. The first-order valence-electron chi connectivity index (χ1n) is 34.3. The second-order valence-electron chi connectivity index (χ2n) is 24.3. The molecule has 2 rings (SSSR count). The van der Waals surface area contributed by atoms with Gasteiger partial charge in [0.05, 0.1) is 37.6 Å². The van der Waals surface area contributed by atoms with Crippen LogP contribution < -0.4 is 0 Å². The van der Waals surface area contributed by atoms with Gasteiger partial charge >= 0.3 is 23.9 Å². The Morgan fingerprint density at radius 1 is 0.393 bits per heavy atom. The Hall–Kier alpha value is -2.96. The lowest BCUT2D eigenvalue weighted by Crippen LogP contribution is -2.39. The summed E-state index contributed by atoms with van der Waals surface area (Å²) < 4.78 is 34.5. The van der Waals surface area contributed by atoms with Crippen LogP contribution in [0, 0.1) is 0 Å². The SMILES string of the molecule is CCCCCC/C=C\COC(=O)CCCCCC(O)CN(CCCC(=O)OC1COC2C(OC(=O)CCCN(CC(O)CCCCCCCC)CC(O)CCCCCCCC)COC12)CC(O)CCCCCC(=O)OC/C=C\CCCCCC. The Morgan fingerprint density at radius 2 is 0.690 bits per heavy atom. The fourth-order valence-electron chi connectivity index (χ4n) is 11.2. The van der Waals surface area contributed by atoms with Gasteiger partial charge in [-0.2, -0.15) is 0 Å². The van der Waals surface area contributed by atoms with Crippen LogP contribution in [0.2, 0.25) is 0 Å². The van der Waals surface area contributed by atoms with E-state index in [1.807, 2.05) is 17.1 Å². The molecule has 2 saturated heterocycles. The average Bonchev–Trinajstić information content (AvgIpc) is 4.22. The van der Waals surface area contributed by atoms with Crippen molar-refractivity contribution < 1.29 is 68.0 Å². The van der Waals surface area contributed by atoms with Crippen molar-refractivity contribution in [2.75, 3.05) is 65.7 Å². The molecule has 0 amide bonds. The molecule has 8 unspecified atom stereocenters. The van der Waals surface area contributed by atoms with Crippen LogP contribution in [-0.2, 0) is 47.6 Å². The van der Waals surface area contributed by atoms with Gasteiger partial charge in [-0.05, 0) is 90.1 Å². The van der Waals surface area contributed by atoms with Crippen molar-refractivity contribution in [3.05, 3.63) is 24.3 Å². The highest BCUT2D eigenvalue weighted by Gasteiger charge is 2.51. The smallest absolute Gasteiger partial charge is 0.306 e. The zero-order chi connectivity index (χ0) is 61.1. The van der Waals surface area contributed by atoms with Crippen molar-refractivity contribution in [3.63, 3.8) is 0 Å². The fraction of sp³-hybridized carbons (Fsp3) is 0.882. The standard InChI is InChI=1S/C68H124N2O14/c1-5-9-13-17-21-25-35-49-79-63(75)43-33-27-31-41-59(73)53-70(54-60(74)42-32-28-34-44-64(76)80-50-36-26-22-18-14-10-6-2)48-38-46-66(78)84-62-56-82-67-61(55-81-68(62)67)83-65(77)45-37-47-69(51-57(71)39-29-23-19-15-11-7-3)52-58(72)40-30-24-20-16-12-8-4/h25-26,35-36,57-62,67-68,71-74H,5-24,27-34,37-56H2,1-4H3/b35-25-,36-26-. The third-order valence-electron chi connectivity index (χ3n) is 16.2. The molecule has 0 saturated carbocycles. The highest BCUT2D eigenvalue weighted by Crippen LogP contribution is 2.31. The number of allylic oxidation sites excluding steroid dienone is 2. The molecule has 0 aromatic carbocycles. The minimum absolute atomic E-state index is 0.105. The number of ether oxygens (including phenoxy) is 6. The van der Waals surface area contributed by atoms with Crippen LogP contribution in [0.1, 0.15) is 272 Å². The Balaban J connectivity index is 1.84. The molecule has 0 spiro atoms. The summed E-state index contributed by atoms with van der Waals surface area (Å²) in [6.45, 7) is 12.2. The van der Waals surface area contributed by atoms with E-state index in [0.29, 0.717) is 104 Å². The molecule has 0 aromatic rings. The number of rotatable bonds is 58. The van der Waals surface area contributed by atoms with Crippen LogP contribution in [0.25, 0.3) is 0 Å². The first-order valence-corrected chi connectivity index (χ1v) is 34.3. The Labute approximate surface area is 510 Å². The van der Waals surface area contributed by atoms with E-state index in [2.05, 4.69) is 44.7 Å². The van der Waals surface area contributed by atoms with Gasteiger partial charge in [0, 0.05) is 51.9 Å². The van der Waals surface area contributed by atoms with Gasteiger partial charge in [-0.1, -0.05) is 193 Å². The molecule has 84 heavy (non-hydrogen) atoms. The van der Waals surface area contributed by atoms with Gasteiger partial charge in [0.2, 0.25) is 0 Å². The second-order valence-corrected chi connectivity index (χ2v) is 24.3. The summed E-state index contributed by atoms with van der Waals surface area (Å²) in [5.74, 6) is -1.22. The molecule has 490 valence electrons. The minimum atomic E-state index is -0.665. The molecule has 8 atom stereocenters. The fourth-order valence-corrected chi connectivity index (χ4v) is 11.2. The first kappa shape index (κ1) is 77.1. The number of carbonyl (C=O) groups is 4. The average molecular weight is 1190 g/mol. The van der Waals surface area contributed by atoms with Crippen molar-refractivity contribution in [2.24, 2.45) is 0 Å². The maximum absolute atomic E-state index is 13.3. The van der Waals surface area contributed by atoms with Crippen molar-refractivity contribution >= 4 is 23.9 Å². The number of nitrogens with zero attached hydrogens (tertiary/aromatic N) is 2. The molecular formula is C68H124N2O14. The molecule has 0 aromatic heterocycles. The Bertz CT molecular complexity index is 1590. The van der Waals surface area contributed by atoms with Crippen LogP contribution in [-0.4, -0.2) is 169 Å². The van der Waals surface area contributed by atoms with Crippen LogP contribution in [0.3, 0.4) is 0 Å². The van der Waals surface area contributed by atoms with E-state index in [4.69, 9.17) is 28.4 Å². The molecule has 0 radical (unpaired) electrons. The summed E-state index contributed by atoms with van der Waals surface area (Å²) >= 11 is 0. The van der Waals surface area contributed by atoms with Crippen LogP contribution >= 0.6 is 0 Å². The lowest BCUT2D eigenvalue weighted by atomic mass is 10.1. The van der Waals surface area contributed by atoms with Crippen molar-refractivity contribution in [2.45, 2.75) is 321 Å². The molecule has 2 heterocycles. The highest BCUT2D eigenvalue weighted by atomic mass is 16.7. The summed E-state index contributed by atoms with van der Waals surface area (Å²) in [5.41, 5.74) is 0. The largest absolute Gasteiger partial charge is 0.461 e. The maximum Gasteiger partial charge on any atom is 0.306 e. The van der Waals surface area contributed by atoms with Gasteiger partial charge in [-0.3, -0.25) is 29.0 Å². The van der Waals surface area contributed by atoms with E-state index >= 15 is 0 Å². The predicted octanol–water partition coefficient (Wildman–Crippen LogP) is 12.8. The maximum atomic E-state index is 13.3. The third-order valence-corrected chi connectivity index (χ3v) is 16.2. The van der Waals surface area contributed by atoms with Gasteiger partial charge in [-0.25, -0.2) is 0 Å². The van der Waals surface area contributed by atoms with Crippen LogP contribution in [0.4, 0.5) is 0 Å². The zero-order valence-electron chi connectivity index (χ0n) is 53.6. The number of unbranched alkanes of at least 4 members (excludes halogenated alkanes) is 22. The summed E-state index contributed by atoms with van der Waals surface area (Å²) in [6, 6.07) is 0. The number of hydrogen-bond acceptors (Lipinski definition) is 16. The van der Waals surface area contributed by atoms with Crippen molar-refractivity contribution in [3.8, 4) is 0 Å². The van der Waals surface area contributed by atoms with E-state index in [9.17, 15) is 39.6 Å². The van der Waals surface area contributed by atoms with Gasteiger partial charge in [0.15, 0.2) is 12.2 Å². The lowest BCUT2D eigenvalue weighted by molar-refractivity contribution is -0.155. The molecule has 2 aliphatic rings. The lowest BCUT2D eigenvalue weighted by Gasteiger charge is -2.27. The van der Waals surface area contributed by atoms with Gasteiger partial charge in [0.1, 0.15) is 25.4 Å². The molecule has 2 fully saturated rings. The molecule has 0 aliphatic carbocycles. The van der Waals surface area contributed by atoms with Crippen LogP contribution in [0.15, 0.2) is 24.3 Å². The Morgan fingerprint density at radius 3 is 1.04 bits per heavy atom. The van der Waals surface area contributed by atoms with E-state index < -0.39 is 54.8 Å². The quantitative estimate of drug-likeness (QED) is 0.0193. The van der Waals surface area contributed by atoms with Gasteiger partial charge in [-0.15, -0.1) is 0 Å². The number of carbonyl (C=O) groups excluding carboxylic acids is 4. The molecular weight excluding hydrogens is 1070 g/mol. The van der Waals surface area contributed by atoms with E-state index in [1.54, 1.807) is 0 Å².